The molecular formula is C7H12O2. The van der Waals surface area contributed by atoms with Gasteiger partial charge < -0.3 is 4.74 Å². The van der Waals surface area contributed by atoms with Crippen molar-refractivity contribution < 1.29 is 9.53 Å². The van der Waals surface area contributed by atoms with E-state index in [4.69, 9.17) is 4.74 Å². The molecule has 0 spiro atoms. The van der Waals surface area contributed by atoms with Crippen LogP contribution < -0.4 is 0 Å². The third-order valence-electron chi connectivity index (χ3n) is 0.938. The Morgan fingerprint density at radius 2 is 2.44 bits per heavy atom. The molecule has 0 aliphatic rings. The Labute approximate surface area is 55.5 Å². The van der Waals surface area contributed by atoms with Gasteiger partial charge in [0.2, 0.25) is 0 Å². The standard InChI is InChI=1S/C7H12O2/c1-4-6(3)9-7(8)5-2/h4,6H,1,5H2,2-3H3. The van der Waals surface area contributed by atoms with Crippen molar-refractivity contribution in [2.24, 2.45) is 0 Å². The summed E-state index contributed by atoms with van der Waals surface area (Å²) < 4.78 is 4.79. The maximum absolute atomic E-state index is 10.5. The number of ether oxygens (including phenoxy) is 1. The first-order valence-corrected chi connectivity index (χ1v) is 3.02. The summed E-state index contributed by atoms with van der Waals surface area (Å²) in [6, 6.07) is 0. The van der Waals surface area contributed by atoms with E-state index in [-0.39, 0.29) is 12.1 Å². The molecule has 0 aromatic carbocycles. The number of carbonyl (C=O) groups excluding carboxylic acids is 1. The van der Waals surface area contributed by atoms with Gasteiger partial charge in [0.1, 0.15) is 6.10 Å². The van der Waals surface area contributed by atoms with Crippen molar-refractivity contribution in [1.82, 2.24) is 0 Å². The Hall–Kier alpha value is -0.790. The van der Waals surface area contributed by atoms with Crippen LogP contribution in [0, 0.1) is 0 Å². The number of hydrogen-bond donors (Lipinski definition) is 0. The molecule has 2 heteroatoms. The zero-order valence-electron chi connectivity index (χ0n) is 5.89. The van der Waals surface area contributed by atoms with Crippen LogP contribution in [-0.4, -0.2) is 12.1 Å². The second-order valence-electron chi connectivity index (χ2n) is 1.78. The van der Waals surface area contributed by atoms with Crippen molar-refractivity contribution in [2.75, 3.05) is 0 Å². The molecule has 0 aromatic heterocycles. The van der Waals surface area contributed by atoms with Crippen molar-refractivity contribution in [2.45, 2.75) is 26.4 Å². The summed E-state index contributed by atoms with van der Waals surface area (Å²) in [4.78, 5) is 10.5. The zero-order chi connectivity index (χ0) is 7.28. The molecule has 0 saturated heterocycles. The molecule has 52 valence electrons. The van der Waals surface area contributed by atoms with Crippen molar-refractivity contribution in [1.29, 1.82) is 0 Å². The van der Waals surface area contributed by atoms with Gasteiger partial charge in [-0.2, -0.15) is 0 Å². The van der Waals surface area contributed by atoms with Crippen LogP contribution in [0.5, 0.6) is 0 Å². The van der Waals surface area contributed by atoms with E-state index >= 15 is 0 Å². The minimum absolute atomic E-state index is 0.155. The molecule has 0 saturated carbocycles. The molecule has 0 heterocycles. The van der Waals surface area contributed by atoms with E-state index in [0.29, 0.717) is 6.42 Å². The summed E-state index contributed by atoms with van der Waals surface area (Å²) in [5.41, 5.74) is 0. The summed E-state index contributed by atoms with van der Waals surface area (Å²) >= 11 is 0. The molecule has 0 fully saturated rings. The summed E-state index contributed by atoms with van der Waals surface area (Å²) in [5, 5.41) is 0. The number of rotatable bonds is 3. The fourth-order valence-electron chi connectivity index (χ4n) is 0.339. The average molecular weight is 128 g/mol. The quantitative estimate of drug-likeness (QED) is 0.425. The predicted octanol–water partition coefficient (Wildman–Crippen LogP) is 1.51. The fraction of sp³-hybridized carbons (Fsp3) is 0.571. The van der Waals surface area contributed by atoms with Gasteiger partial charge in [-0.15, -0.1) is 0 Å². The molecule has 2 nitrogen and oxygen atoms in total. The Kier molecular flexibility index (Phi) is 3.76. The van der Waals surface area contributed by atoms with Crippen LogP contribution in [0.4, 0.5) is 0 Å². The molecule has 0 aromatic rings. The molecule has 0 N–H and O–H groups in total. The number of hydrogen-bond acceptors (Lipinski definition) is 2. The first-order chi connectivity index (χ1) is 4.20. The minimum Gasteiger partial charge on any atom is -0.458 e. The van der Waals surface area contributed by atoms with Crippen LogP contribution in [0.1, 0.15) is 20.3 Å². The molecular weight excluding hydrogens is 116 g/mol. The van der Waals surface area contributed by atoms with E-state index in [2.05, 4.69) is 6.58 Å². The lowest BCUT2D eigenvalue weighted by Gasteiger charge is -2.05. The largest absolute Gasteiger partial charge is 0.458 e. The summed E-state index contributed by atoms with van der Waals surface area (Å²) in [7, 11) is 0. The van der Waals surface area contributed by atoms with Crippen LogP contribution in [0.25, 0.3) is 0 Å². The monoisotopic (exact) mass is 128 g/mol. The average Bonchev–Trinajstić information content (AvgIpc) is 1.87. The highest BCUT2D eigenvalue weighted by atomic mass is 16.5. The van der Waals surface area contributed by atoms with Gasteiger partial charge >= 0.3 is 5.97 Å². The minimum atomic E-state index is -0.178. The molecule has 0 aliphatic heterocycles. The van der Waals surface area contributed by atoms with Crippen LogP contribution in [0.2, 0.25) is 0 Å². The normalized spacial score (nSPS) is 12.2. The first kappa shape index (κ1) is 8.21. The van der Waals surface area contributed by atoms with Crippen LogP contribution in [-0.2, 0) is 9.53 Å². The maximum Gasteiger partial charge on any atom is 0.306 e. The van der Waals surface area contributed by atoms with Crippen molar-refractivity contribution in [3.8, 4) is 0 Å². The molecule has 0 amide bonds. The second kappa shape index (κ2) is 4.13. The second-order valence-corrected chi connectivity index (χ2v) is 1.78. The number of carbonyl (C=O) groups is 1. The van der Waals surface area contributed by atoms with E-state index < -0.39 is 0 Å². The van der Waals surface area contributed by atoms with E-state index in [9.17, 15) is 4.79 Å². The van der Waals surface area contributed by atoms with Gasteiger partial charge in [0.25, 0.3) is 0 Å². The molecule has 9 heavy (non-hydrogen) atoms. The van der Waals surface area contributed by atoms with Gasteiger partial charge in [-0.25, -0.2) is 0 Å². The SMILES string of the molecule is C=CC(C)OC(=O)CC. The van der Waals surface area contributed by atoms with Gasteiger partial charge in [-0.1, -0.05) is 19.6 Å². The third kappa shape index (κ3) is 3.76. The van der Waals surface area contributed by atoms with Gasteiger partial charge in [-0.05, 0) is 6.92 Å². The van der Waals surface area contributed by atoms with Crippen molar-refractivity contribution >= 4 is 5.97 Å². The smallest absolute Gasteiger partial charge is 0.306 e. The lowest BCUT2D eigenvalue weighted by Crippen LogP contribution is -2.10. The Bertz CT molecular complexity index is 107. The third-order valence-corrected chi connectivity index (χ3v) is 0.938. The molecule has 1 unspecified atom stereocenters. The molecule has 0 aliphatic carbocycles. The highest BCUT2D eigenvalue weighted by Crippen LogP contribution is 1.93. The summed E-state index contributed by atoms with van der Waals surface area (Å²) in [6.07, 6.45) is 1.86. The fourth-order valence-corrected chi connectivity index (χ4v) is 0.339. The lowest BCUT2D eigenvalue weighted by molar-refractivity contribution is -0.145. The predicted molar refractivity (Wildman–Crippen MR) is 36.0 cm³/mol. The van der Waals surface area contributed by atoms with E-state index in [1.165, 1.54) is 0 Å². The Morgan fingerprint density at radius 1 is 1.89 bits per heavy atom. The van der Waals surface area contributed by atoms with Gasteiger partial charge in [0, 0.05) is 6.42 Å². The van der Waals surface area contributed by atoms with Crippen LogP contribution in [0.15, 0.2) is 12.7 Å². The topological polar surface area (TPSA) is 26.3 Å². The van der Waals surface area contributed by atoms with Crippen molar-refractivity contribution in [3.63, 3.8) is 0 Å². The Balaban J connectivity index is 3.46. The van der Waals surface area contributed by atoms with E-state index in [0.717, 1.165) is 0 Å². The highest BCUT2D eigenvalue weighted by Gasteiger charge is 2.00. The van der Waals surface area contributed by atoms with Crippen LogP contribution >= 0.6 is 0 Å². The Morgan fingerprint density at radius 3 is 2.78 bits per heavy atom. The summed E-state index contributed by atoms with van der Waals surface area (Å²) in [5.74, 6) is -0.178. The highest BCUT2D eigenvalue weighted by molar-refractivity contribution is 5.69. The van der Waals surface area contributed by atoms with Crippen molar-refractivity contribution in [3.05, 3.63) is 12.7 Å². The molecule has 0 bridgehead atoms. The zero-order valence-corrected chi connectivity index (χ0v) is 5.89. The van der Waals surface area contributed by atoms with E-state index in [1.807, 2.05) is 0 Å². The number of esters is 1. The van der Waals surface area contributed by atoms with Crippen LogP contribution in [0.3, 0.4) is 0 Å². The molecule has 0 radical (unpaired) electrons. The maximum atomic E-state index is 10.5. The van der Waals surface area contributed by atoms with E-state index in [1.54, 1.807) is 19.9 Å². The first-order valence-electron chi connectivity index (χ1n) is 3.02. The molecule has 1 atom stereocenters. The van der Waals surface area contributed by atoms with Gasteiger partial charge in [0.15, 0.2) is 0 Å². The lowest BCUT2D eigenvalue weighted by atomic mass is 10.4. The molecule has 0 rings (SSSR count). The van der Waals surface area contributed by atoms with Gasteiger partial charge in [0.05, 0.1) is 0 Å². The summed E-state index contributed by atoms with van der Waals surface area (Å²) in [6.45, 7) is 7.01. The van der Waals surface area contributed by atoms with Gasteiger partial charge in [-0.3, -0.25) is 4.79 Å².